The Balaban J connectivity index is 0.000000305. The van der Waals surface area contributed by atoms with Gasteiger partial charge in [-0.05, 0) is 82.4 Å². The third-order valence-electron chi connectivity index (χ3n) is 7.44. The average molecular weight is 621 g/mol. The summed E-state index contributed by atoms with van der Waals surface area (Å²) in [6.45, 7) is 15.4. The predicted octanol–water partition coefficient (Wildman–Crippen LogP) is 5.14. The number of carbonyl (C=O) groups excluding carboxylic acids is 2. The second-order valence-electron chi connectivity index (χ2n) is 11.5. The van der Waals surface area contributed by atoms with E-state index in [2.05, 4.69) is 15.9 Å². The van der Waals surface area contributed by atoms with Crippen LogP contribution in [0.3, 0.4) is 0 Å². The third kappa shape index (κ3) is 8.63. The highest BCUT2D eigenvalue weighted by Crippen LogP contribution is 2.37. The predicted molar refractivity (Wildman–Crippen MR) is 160 cm³/mol. The maximum Gasteiger partial charge on any atom is 0.499 e. The van der Waals surface area contributed by atoms with Crippen molar-refractivity contribution in [2.75, 3.05) is 13.2 Å². The van der Waals surface area contributed by atoms with Crippen LogP contribution in [0.5, 0.6) is 11.5 Å². The number of hydrogen-bond donors (Lipinski definition) is 2. The van der Waals surface area contributed by atoms with Crippen molar-refractivity contribution in [2.24, 2.45) is 0 Å². The Kier molecular flexibility index (Phi) is 11.6. The molecule has 0 aromatic heterocycles. The lowest BCUT2D eigenvalue weighted by atomic mass is 9.75. The van der Waals surface area contributed by atoms with Crippen LogP contribution >= 0.6 is 15.9 Å². The molecule has 8 nitrogen and oxygen atoms in total. The minimum atomic E-state index is -0.940. The molecule has 1 aliphatic rings. The summed E-state index contributed by atoms with van der Waals surface area (Å²) < 4.78 is 24.1. The van der Waals surface area contributed by atoms with Gasteiger partial charge < -0.3 is 29.0 Å². The van der Waals surface area contributed by atoms with Crippen LogP contribution in [-0.4, -0.2) is 65.5 Å². The Morgan fingerprint density at radius 2 is 1.25 bits per heavy atom. The van der Waals surface area contributed by atoms with Crippen LogP contribution in [0, 0.1) is 0 Å². The van der Waals surface area contributed by atoms with Gasteiger partial charge in [-0.25, -0.2) is 0 Å². The van der Waals surface area contributed by atoms with Crippen molar-refractivity contribution in [1.29, 1.82) is 0 Å². The fraction of sp³-hybridized carbons (Fsp3) is 0.533. The molecule has 220 valence electrons. The lowest BCUT2D eigenvalue weighted by molar-refractivity contribution is 0.00578. The number of aliphatic hydroxyl groups is 2. The van der Waals surface area contributed by atoms with E-state index < -0.39 is 29.5 Å². The monoisotopic (exact) mass is 620 g/mol. The smallest absolute Gasteiger partial charge is 0.491 e. The standard InChI is InChI=1S/C18H27BO5.C12H15BrO3/c1-7-18(6,21)12-22-14-10-8-9-13(11-20)15(14)19-23-16(2,3)17(4,5)24-19;1-3-12(2,15)8-16-10-6-4-5-9(7-14)11(10)13/h8-11,21H,7,12H2,1-6H3;4-7,15H,3,8H2,1-2H3. The average Bonchev–Trinajstić information content (AvgIpc) is 3.13. The maximum absolute atomic E-state index is 11.5. The Morgan fingerprint density at radius 1 is 0.825 bits per heavy atom. The van der Waals surface area contributed by atoms with E-state index in [1.165, 1.54) is 0 Å². The molecule has 1 saturated heterocycles. The van der Waals surface area contributed by atoms with Crippen LogP contribution in [0.2, 0.25) is 0 Å². The quantitative estimate of drug-likeness (QED) is 0.262. The molecule has 2 unspecified atom stereocenters. The van der Waals surface area contributed by atoms with Crippen molar-refractivity contribution in [3.63, 3.8) is 0 Å². The van der Waals surface area contributed by atoms with Gasteiger partial charge in [-0.1, -0.05) is 38.1 Å². The van der Waals surface area contributed by atoms with Crippen molar-refractivity contribution >= 4 is 41.1 Å². The van der Waals surface area contributed by atoms with Gasteiger partial charge in [0.25, 0.3) is 0 Å². The molecule has 10 heteroatoms. The SMILES string of the molecule is CCC(C)(O)COc1cccc(C=O)c1B1OC(C)(C)C(C)(C)O1.CCC(C)(O)COc1cccc(C=O)c1Br. The van der Waals surface area contributed by atoms with Gasteiger partial charge in [0.15, 0.2) is 6.29 Å². The van der Waals surface area contributed by atoms with Crippen LogP contribution < -0.4 is 14.9 Å². The summed E-state index contributed by atoms with van der Waals surface area (Å²) in [6.07, 6.45) is 2.70. The zero-order valence-corrected chi connectivity index (χ0v) is 26.3. The van der Waals surface area contributed by atoms with E-state index in [0.29, 0.717) is 45.4 Å². The Labute approximate surface area is 246 Å². The van der Waals surface area contributed by atoms with Crippen molar-refractivity contribution in [1.82, 2.24) is 0 Å². The highest BCUT2D eigenvalue weighted by atomic mass is 79.9. The number of rotatable bonds is 11. The summed E-state index contributed by atoms with van der Waals surface area (Å²) >= 11 is 3.29. The molecule has 1 fully saturated rings. The summed E-state index contributed by atoms with van der Waals surface area (Å²) in [5.74, 6) is 1.06. The highest BCUT2D eigenvalue weighted by Gasteiger charge is 2.53. The van der Waals surface area contributed by atoms with E-state index >= 15 is 0 Å². The van der Waals surface area contributed by atoms with Crippen LogP contribution in [0.1, 0.15) is 88.9 Å². The van der Waals surface area contributed by atoms with E-state index in [4.69, 9.17) is 18.8 Å². The van der Waals surface area contributed by atoms with Gasteiger partial charge in [-0.2, -0.15) is 0 Å². The summed E-state index contributed by atoms with van der Waals surface area (Å²) in [4.78, 5) is 22.2. The zero-order chi connectivity index (χ0) is 30.4. The van der Waals surface area contributed by atoms with Crippen LogP contribution in [-0.2, 0) is 9.31 Å². The number of ether oxygens (including phenoxy) is 2. The first-order chi connectivity index (χ1) is 18.5. The number of benzene rings is 2. The van der Waals surface area contributed by atoms with Gasteiger partial charge in [-0.15, -0.1) is 0 Å². The molecule has 0 radical (unpaired) electrons. The highest BCUT2D eigenvalue weighted by molar-refractivity contribution is 9.10. The first-order valence-electron chi connectivity index (χ1n) is 13.4. The normalized spacial score (nSPS) is 18.5. The summed E-state index contributed by atoms with van der Waals surface area (Å²) in [6, 6.07) is 10.4. The largest absolute Gasteiger partial charge is 0.499 e. The number of halogens is 1. The summed E-state index contributed by atoms with van der Waals surface area (Å²) in [5, 5.41) is 20.0. The third-order valence-corrected chi connectivity index (χ3v) is 8.29. The first kappa shape index (κ1) is 34.0. The van der Waals surface area contributed by atoms with Crippen molar-refractivity contribution in [3.05, 3.63) is 52.0 Å². The molecule has 40 heavy (non-hydrogen) atoms. The lowest BCUT2D eigenvalue weighted by Gasteiger charge is -2.32. The Morgan fingerprint density at radius 3 is 1.70 bits per heavy atom. The first-order valence-corrected chi connectivity index (χ1v) is 14.2. The molecule has 1 heterocycles. The molecule has 0 amide bonds. The zero-order valence-electron chi connectivity index (χ0n) is 24.7. The lowest BCUT2D eigenvalue weighted by Crippen LogP contribution is -2.41. The van der Waals surface area contributed by atoms with Crippen LogP contribution in [0.15, 0.2) is 40.9 Å². The molecule has 0 spiro atoms. The van der Waals surface area contributed by atoms with Crippen molar-refractivity contribution in [3.8, 4) is 11.5 Å². The van der Waals surface area contributed by atoms with Crippen LogP contribution in [0.25, 0.3) is 0 Å². The molecular weight excluding hydrogens is 579 g/mol. The van der Waals surface area contributed by atoms with Gasteiger partial charge in [0.1, 0.15) is 31.0 Å². The van der Waals surface area contributed by atoms with E-state index in [-0.39, 0.29) is 13.2 Å². The van der Waals surface area contributed by atoms with Crippen LogP contribution in [0.4, 0.5) is 0 Å². The van der Waals surface area contributed by atoms with Gasteiger partial charge in [-0.3, -0.25) is 9.59 Å². The fourth-order valence-electron chi connectivity index (χ4n) is 3.40. The molecular formula is C30H42BBrO8. The molecule has 0 aliphatic carbocycles. The van der Waals surface area contributed by atoms with Gasteiger partial charge in [0, 0.05) is 16.6 Å². The minimum Gasteiger partial charge on any atom is -0.491 e. The Hall–Kier alpha value is -2.24. The second-order valence-corrected chi connectivity index (χ2v) is 12.3. The van der Waals surface area contributed by atoms with Gasteiger partial charge >= 0.3 is 7.12 Å². The number of carbonyl (C=O) groups is 2. The summed E-state index contributed by atoms with van der Waals surface area (Å²) in [5.41, 5.74) is -1.26. The molecule has 2 N–H and O–H groups in total. The number of aldehydes is 2. The minimum absolute atomic E-state index is 0.123. The fourth-order valence-corrected chi connectivity index (χ4v) is 3.88. The topological polar surface area (TPSA) is 112 Å². The molecule has 1 aliphatic heterocycles. The molecule has 2 atom stereocenters. The van der Waals surface area contributed by atoms with E-state index in [0.717, 1.165) is 12.6 Å². The van der Waals surface area contributed by atoms with Gasteiger partial charge in [0.05, 0.1) is 26.9 Å². The second kappa shape index (κ2) is 13.6. The molecule has 2 aromatic carbocycles. The Bertz CT molecular complexity index is 1150. The molecule has 0 bridgehead atoms. The molecule has 3 rings (SSSR count). The van der Waals surface area contributed by atoms with Crippen molar-refractivity contribution in [2.45, 2.75) is 90.6 Å². The van der Waals surface area contributed by atoms with E-state index in [1.54, 1.807) is 50.2 Å². The number of hydrogen-bond acceptors (Lipinski definition) is 8. The summed E-state index contributed by atoms with van der Waals surface area (Å²) in [7, 11) is -0.696. The van der Waals surface area contributed by atoms with E-state index in [9.17, 15) is 19.8 Å². The maximum atomic E-state index is 11.5. The van der Waals surface area contributed by atoms with Crippen molar-refractivity contribution < 1.29 is 38.6 Å². The van der Waals surface area contributed by atoms with Gasteiger partial charge in [0.2, 0.25) is 0 Å². The molecule has 0 saturated carbocycles. The van der Waals surface area contributed by atoms with E-state index in [1.807, 2.05) is 41.5 Å². The molecule has 2 aromatic rings.